The zero-order valence-corrected chi connectivity index (χ0v) is 20.9. The number of carbonyl (C=O) groups is 3. The summed E-state index contributed by atoms with van der Waals surface area (Å²) in [6.45, 7) is 5.91. The SMILES string of the molecule is COC(=O)c1c(NC(=O)CN2CCN(Cc3cccc(Cl)c3)CC2)sc(C(=O)N(C)C)c1C. The number of thiophene rings is 1. The normalized spacial score (nSPS) is 14.7. The molecule has 178 valence electrons. The lowest BCUT2D eigenvalue weighted by molar-refractivity contribution is -0.117. The Bertz CT molecular complexity index is 1030. The van der Waals surface area contributed by atoms with Gasteiger partial charge in [0.05, 0.1) is 24.1 Å². The van der Waals surface area contributed by atoms with Gasteiger partial charge in [0.25, 0.3) is 5.91 Å². The first-order chi connectivity index (χ1) is 15.7. The van der Waals surface area contributed by atoms with Gasteiger partial charge in [-0.1, -0.05) is 23.7 Å². The summed E-state index contributed by atoms with van der Waals surface area (Å²) in [7, 11) is 4.56. The number of methoxy groups -OCH3 is 1. The minimum Gasteiger partial charge on any atom is -0.465 e. The van der Waals surface area contributed by atoms with Gasteiger partial charge >= 0.3 is 5.97 Å². The maximum absolute atomic E-state index is 12.8. The molecule has 3 rings (SSSR count). The van der Waals surface area contributed by atoms with Gasteiger partial charge in [0.1, 0.15) is 5.00 Å². The van der Waals surface area contributed by atoms with Crippen LogP contribution in [0.4, 0.5) is 5.00 Å². The largest absolute Gasteiger partial charge is 0.465 e. The number of hydrogen-bond donors (Lipinski definition) is 1. The molecule has 0 bridgehead atoms. The van der Waals surface area contributed by atoms with E-state index in [2.05, 4.69) is 21.2 Å². The van der Waals surface area contributed by atoms with Crippen LogP contribution in [0.25, 0.3) is 0 Å². The highest BCUT2D eigenvalue weighted by molar-refractivity contribution is 7.18. The Hall–Kier alpha value is -2.46. The van der Waals surface area contributed by atoms with Crippen LogP contribution >= 0.6 is 22.9 Å². The number of anilines is 1. The van der Waals surface area contributed by atoms with E-state index in [4.69, 9.17) is 16.3 Å². The monoisotopic (exact) mass is 492 g/mol. The second-order valence-corrected chi connectivity index (χ2v) is 9.64. The Labute approximate surface area is 203 Å². The van der Waals surface area contributed by atoms with E-state index in [0.29, 0.717) is 15.4 Å². The predicted molar refractivity (Wildman–Crippen MR) is 130 cm³/mol. The summed E-state index contributed by atoms with van der Waals surface area (Å²) >= 11 is 7.17. The Morgan fingerprint density at radius 2 is 1.82 bits per heavy atom. The van der Waals surface area contributed by atoms with Gasteiger partial charge in [0, 0.05) is 51.8 Å². The topological polar surface area (TPSA) is 82.2 Å². The van der Waals surface area contributed by atoms with Crippen LogP contribution in [0.15, 0.2) is 24.3 Å². The molecule has 1 N–H and O–H groups in total. The third kappa shape index (κ3) is 6.32. The molecule has 1 aliphatic heterocycles. The third-order valence-corrected chi connectivity index (χ3v) is 6.95. The van der Waals surface area contributed by atoms with Crippen molar-refractivity contribution in [2.45, 2.75) is 13.5 Å². The number of nitrogens with zero attached hydrogens (tertiary/aromatic N) is 3. The highest BCUT2D eigenvalue weighted by atomic mass is 35.5. The molecule has 1 fully saturated rings. The highest BCUT2D eigenvalue weighted by Crippen LogP contribution is 2.34. The molecular formula is C23H29ClN4O4S. The van der Waals surface area contributed by atoms with Crippen LogP contribution < -0.4 is 5.32 Å². The van der Waals surface area contributed by atoms with Crippen LogP contribution in [0.2, 0.25) is 5.02 Å². The van der Waals surface area contributed by atoms with Crippen LogP contribution in [0.3, 0.4) is 0 Å². The summed E-state index contributed by atoms with van der Waals surface area (Å²) in [5, 5.41) is 3.90. The number of piperazine rings is 1. The van der Waals surface area contributed by atoms with Gasteiger partial charge in [-0.2, -0.15) is 0 Å². The van der Waals surface area contributed by atoms with Gasteiger partial charge in [-0.15, -0.1) is 11.3 Å². The molecule has 0 spiro atoms. The minimum atomic E-state index is -0.577. The zero-order chi connectivity index (χ0) is 24.1. The summed E-state index contributed by atoms with van der Waals surface area (Å²) in [6, 6.07) is 7.84. The number of rotatable bonds is 7. The number of benzene rings is 1. The summed E-state index contributed by atoms with van der Waals surface area (Å²) in [4.78, 5) is 43.8. The number of halogens is 1. The molecule has 1 saturated heterocycles. The van der Waals surface area contributed by atoms with E-state index in [0.717, 1.165) is 49.1 Å². The average molecular weight is 493 g/mol. The molecule has 1 aromatic heterocycles. The number of hydrogen-bond acceptors (Lipinski definition) is 7. The Morgan fingerprint density at radius 3 is 2.42 bits per heavy atom. The molecule has 2 aromatic rings. The average Bonchev–Trinajstić information content (AvgIpc) is 3.09. The van der Waals surface area contributed by atoms with E-state index in [1.165, 1.54) is 17.6 Å². The van der Waals surface area contributed by atoms with Crippen LogP contribution in [-0.4, -0.2) is 86.4 Å². The van der Waals surface area contributed by atoms with Gasteiger partial charge < -0.3 is 15.0 Å². The molecule has 10 heteroatoms. The molecule has 1 aromatic carbocycles. The number of nitrogens with one attached hydrogen (secondary N) is 1. The molecule has 2 heterocycles. The fourth-order valence-electron chi connectivity index (χ4n) is 3.72. The first-order valence-electron chi connectivity index (χ1n) is 10.6. The maximum Gasteiger partial charge on any atom is 0.341 e. The van der Waals surface area contributed by atoms with E-state index >= 15 is 0 Å². The molecule has 2 amide bonds. The Kier molecular flexibility index (Phi) is 8.47. The van der Waals surface area contributed by atoms with E-state index in [-0.39, 0.29) is 23.9 Å². The number of amides is 2. The van der Waals surface area contributed by atoms with Crippen molar-refractivity contribution in [1.82, 2.24) is 14.7 Å². The molecule has 0 unspecified atom stereocenters. The van der Waals surface area contributed by atoms with Gasteiger partial charge in [-0.05, 0) is 30.2 Å². The summed E-state index contributed by atoms with van der Waals surface area (Å²) < 4.78 is 4.88. The van der Waals surface area contributed by atoms with Gasteiger partial charge in [0.15, 0.2) is 0 Å². The van der Waals surface area contributed by atoms with Crippen LogP contribution in [0.5, 0.6) is 0 Å². The quantitative estimate of drug-likeness (QED) is 0.598. The van der Waals surface area contributed by atoms with Crippen molar-refractivity contribution in [3.8, 4) is 0 Å². The molecule has 33 heavy (non-hydrogen) atoms. The lowest BCUT2D eigenvalue weighted by atomic mass is 10.1. The smallest absolute Gasteiger partial charge is 0.341 e. The molecule has 0 atom stereocenters. The first kappa shape index (κ1) is 25.2. The van der Waals surface area contributed by atoms with Crippen LogP contribution in [0.1, 0.15) is 31.2 Å². The second-order valence-electron chi connectivity index (χ2n) is 8.18. The van der Waals surface area contributed by atoms with Crippen LogP contribution in [0, 0.1) is 6.92 Å². The van der Waals surface area contributed by atoms with Crippen molar-refractivity contribution in [1.29, 1.82) is 0 Å². The third-order valence-electron chi connectivity index (χ3n) is 5.52. The van der Waals surface area contributed by atoms with Crippen molar-refractivity contribution >= 4 is 45.7 Å². The Morgan fingerprint density at radius 1 is 1.15 bits per heavy atom. The molecule has 1 aliphatic rings. The zero-order valence-electron chi connectivity index (χ0n) is 19.3. The summed E-state index contributed by atoms with van der Waals surface area (Å²) in [5.74, 6) is -1.03. The van der Waals surface area contributed by atoms with Gasteiger partial charge in [-0.3, -0.25) is 19.4 Å². The molecule has 8 nitrogen and oxygen atoms in total. The number of carbonyl (C=O) groups excluding carboxylic acids is 3. The van der Waals surface area contributed by atoms with Crippen molar-refractivity contribution < 1.29 is 19.1 Å². The van der Waals surface area contributed by atoms with Crippen molar-refractivity contribution in [3.63, 3.8) is 0 Å². The Balaban J connectivity index is 1.60. The molecule has 0 radical (unpaired) electrons. The van der Waals surface area contributed by atoms with E-state index < -0.39 is 5.97 Å². The van der Waals surface area contributed by atoms with Crippen molar-refractivity contribution in [2.24, 2.45) is 0 Å². The fourth-order valence-corrected chi connectivity index (χ4v) is 5.17. The van der Waals surface area contributed by atoms with Crippen LogP contribution in [-0.2, 0) is 16.1 Å². The summed E-state index contributed by atoms with van der Waals surface area (Å²) in [5.41, 5.74) is 1.91. The van der Waals surface area contributed by atoms with Gasteiger partial charge in [0.2, 0.25) is 5.91 Å². The van der Waals surface area contributed by atoms with E-state index in [1.54, 1.807) is 21.0 Å². The number of ether oxygens (including phenoxy) is 1. The van der Waals surface area contributed by atoms with E-state index in [1.807, 2.05) is 18.2 Å². The lowest BCUT2D eigenvalue weighted by Gasteiger charge is -2.34. The lowest BCUT2D eigenvalue weighted by Crippen LogP contribution is -2.48. The number of esters is 1. The standard InChI is InChI=1S/C23H29ClN4O4S/c1-15-19(23(31)32-4)21(33-20(15)22(30)26(2)3)25-18(29)14-28-10-8-27(9-11-28)13-16-6-5-7-17(24)12-16/h5-7,12H,8-11,13-14H2,1-4H3,(H,25,29). The van der Waals surface area contributed by atoms with Crippen molar-refractivity contribution in [2.75, 3.05) is 59.2 Å². The fraction of sp³-hybridized carbons (Fsp3) is 0.435. The highest BCUT2D eigenvalue weighted by Gasteiger charge is 2.27. The molecule has 0 aliphatic carbocycles. The molecular weight excluding hydrogens is 464 g/mol. The minimum absolute atomic E-state index is 0.208. The molecule has 0 saturated carbocycles. The predicted octanol–water partition coefficient (Wildman–Crippen LogP) is 2.95. The summed E-state index contributed by atoms with van der Waals surface area (Å²) in [6.07, 6.45) is 0. The maximum atomic E-state index is 12.8. The second kappa shape index (κ2) is 11.1. The van der Waals surface area contributed by atoms with Crippen molar-refractivity contribution in [3.05, 3.63) is 50.9 Å². The van der Waals surface area contributed by atoms with E-state index in [9.17, 15) is 14.4 Å². The first-order valence-corrected chi connectivity index (χ1v) is 11.8. The van der Waals surface area contributed by atoms with Gasteiger partial charge in [-0.25, -0.2) is 4.79 Å².